The van der Waals surface area contributed by atoms with E-state index in [4.69, 9.17) is 41.4 Å². The molecule has 0 bridgehead atoms. The van der Waals surface area contributed by atoms with Crippen molar-refractivity contribution in [2.75, 3.05) is 59.5 Å². The van der Waals surface area contributed by atoms with Crippen molar-refractivity contribution in [3.63, 3.8) is 0 Å². The Morgan fingerprint density at radius 1 is 0.476 bits per heavy atom. The molecule has 0 N–H and O–H groups in total. The smallest absolute Gasteiger partial charge is 0.351 e. The van der Waals surface area contributed by atoms with E-state index < -0.39 is 77.0 Å². The largest absolute Gasteiger partial charge is 0.465 e. The van der Waals surface area contributed by atoms with Gasteiger partial charge in [-0.3, -0.25) is 28.1 Å². The van der Waals surface area contributed by atoms with Gasteiger partial charge in [-0.05, 0) is 62.3 Å². The Hall–Kier alpha value is -1.14. The van der Waals surface area contributed by atoms with Crippen LogP contribution in [0.1, 0.15) is 62.3 Å². The highest BCUT2D eigenvalue weighted by Gasteiger charge is 2.80. The van der Waals surface area contributed by atoms with E-state index in [0.717, 1.165) is 0 Å². The predicted octanol–water partition coefficient (Wildman–Crippen LogP) is 4.95. The van der Waals surface area contributed by atoms with Gasteiger partial charge in [0, 0.05) is 0 Å². The van der Waals surface area contributed by atoms with Gasteiger partial charge >= 0.3 is 40.7 Å². The summed E-state index contributed by atoms with van der Waals surface area (Å²) >= 11 is 0. The van der Waals surface area contributed by atoms with E-state index in [0.29, 0.717) is 0 Å². The third-order valence-corrected chi connectivity index (χ3v) is 13.6. The molecule has 15 nitrogen and oxygen atoms in total. The van der Waals surface area contributed by atoms with Crippen molar-refractivity contribution < 1.29 is 69.4 Å². The zero-order chi connectivity index (χ0) is 32.6. The minimum absolute atomic E-state index is 0.335. The molecule has 0 radical (unpaired) electrons. The summed E-state index contributed by atoms with van der Waals surface area (Å²) in [6.45, 7) is 9.30. The Bertz CT molecular complexity index is 920. The highest BCUT2D eigenvalue weighted by Crippen LogP contribution is 2.76. The van der Waals surface area contributed by atoms with Crippen LogP contribution < -0.4 is 0 Å². The fourth-order valence-electron chi connectivity index (χ4n) is 4.26. The highest BCUT2D eigenvalue weighted by atomic mass is 31.2. The summed E-state index contributed by atoms with van der Waals surface area (Å²) in [7, 11) is -15.4. The number of ether oxygens (including phenoxy) is 3. The van der Waals surface area contributed by atoms with Crippen molar-refractivity contribution in [1.29, 1.82) is 0 Å². The lowest BCUT2D eigenvalue weighted by molar-refractivity contribution is -0.158. The Kier molecular flexibility index (Phi) is 18.8. The molecule has 0 aromatic heterocycles. The monoisotopic (exact) mass is 668 g/mol. The van der Waals surface area contributed by atoms with Gasteiger partial charge in [0.2, 0.25) is 5.16 Å². The first-order valence-electron chi connectivity index (χ1n) is 14.0. The summed E-state index contributed by atoms with van der Waals surface area (Å²) < 4.78 is 93.3. The van der Waals surface area contributed by atoms with Gasteiger partial charge in [0.25, 0.3) is 0 Å². The van der Waals surface area contributed by atoms with Crippen LogP contribution in [-0.4, -0.2) is 93.8 Å². The van der Waals surface area contributed by atoms with Gasteiger partial charge in [-0.2, -0.15) is 0 Å². The minimum Gasteiger partial charge on any atom is -0.465 e. The van der Waals surface area contributed by atoms with Gasteiger partial charge in [0.15, 0.2) is 11.3 Å². The average molecular weight is 669 g/mol. The molecule has 0 spiro atoms. The Morgan fingerprint density at radius 3 is 1.00 bits per heavy atom. The fourth-order valence-corrected chi connectivity index (χ4v) is 12.7. The van der Waals surface area contributed by atoms with E-state index in [-0.39, 0.29) is 39.6 Å². The molecule has 0 aliphatic carbocycles. The van der Waals surface area contributed by atoms with E-state index in [2.05, 4.69) is 0 Å². The number of esters is 3. The number of carbonyl (C=O) groups excluding carboxylic acids is 3. The van der Waals surface area contributed by atoms with Crippen LogP contribution in [0.15, 0.2) is 0 Å². The Morgan fingerprint density at radius 2 is 0.762 bits per heavy atom. The van der Waals surface area contributed by atoms with Crippen LogP contribution in [0.25, 0.3) is 0 Å². The maximum atomic E-state index is 15.1. The van der Waals surface area contributed by atoms with Crippen LogP contribution in [0.5, 0.6) is 0 Å². The van der Waals surface area contributed by atoms with Crippen molar-refractivity contribution in [1.82, 2.24) is 0 Å². The van der Waals surface area contributed by atoms with E-state index in [1.165, 1.54) is 62.3 Å². The van der Waals surface area contributed by atoms with E-state index >= 15 is 4.57 Å². The summed E-state index contributed by atoms with van der Waals surface area (Å²) in [5.74, 6) is -4.56. The predicted molar refractivity (Wildman–Crippen MR) is 153 cm³/mol. The van der Waals surface area contributed by atoms with Crippen molar-refractivity contribution in [2.24, 2.45) is 0 Å². The third-order valence-electron chi connectivity index (χ3n) is 5.38. The lowest BCUT2D eigenvalue weighted by atomic mass is 9.98. The van der Waals surface area contributed by atoms with Crippen LogP contribution >= 0.6 is 22.8 Å². The average Bonchev–Trinajstić information content (AvgIpc) is 2.89. The van der Waals surface area contributed by atoms with Gasteiger partial charge in [-0.25, -0.2) is 0 Å². The second kappa shape index (κ2) is 19.3. The molecule has 0 saturated carbocycles. The van der Waals surface area contributed by atoms with Gasteiger partial charge in [0.1, 0.15) is 0 Å². The van der Waals surface area contributed by atoms with Crippen LogP contribution in [-0.2, 0) is 69.4 Å². The molecule has 0 saturated heterocycles. The van der Waals surface area contributed by atoms with Crippen molar-refractivity contribution >= 4 is 40.7 Å². The molecule has 0 amide bonds. The Labute approximate surface area is 248 Å². The molecular formula is C24H47O15P3. The van der Waals surface area contributed by atoms with E-state index in [9.17, 15) is 23.5 Å². The summed E-state index contributed by atoms with van der Waals surface area (Å²) in [6, 6.07) is 0. The Balaban J connectivity index is 8.97. The molecule has 248 valence electrons. The second-order valence-electron chi connectivity index (χ2n) is 7.94. The molecule has 0 rings (SSSR count). The lowest BCUT2D eigenvalue weighted by Gasteiger charge is -2.46. The minimum atomic E-state index is -5.34. The summed E-state index contributed by atoms with van der Waals surface area (Å²) in [5, 5.41) is -3.41. The number of rotatable bonds is 23. The van der Waals surface area contributed by atoms with Crippen molar-refractivity contribution in [3.05, 3.63) is 0 Å². The second-order valence-corrected chi connectivity index (χ2v) is 14.4. The number of carbonyl (C=O) groups is 3. The van der Waals surface area contributed by atoms with Crippen LogP contribution in [0, 0.1) is 0 Å². The lowest BCUT2D eigenvalue weighted by Crippen LogP contribution is -2.64. The molecule has 0 aliphatic heterocycles. The van der Waals surface area contributed by atoms with Crippen molar-refractivity contribution in [2.45, 2.75) is 78.8 Å². The van der Waals surface area contributed by atoms with Gasteiger partial charge in [-0.1, -0.05) is 0 Å². The molecule has 2 unspecified atom stereocenters. The summed E-state index contributed by atoms with van der Waals surface area (Å²) in [4.78, 5) is 42.4. The first-order valence-corrected chi connectivity index (χ1v) is 18.7. The zero-order valence-electron chi connectivity index (χ0n) is 26.0. The molecule has 0 fully saturated rings. The maximum Gasteiger partial charge on any atom is 0.351 e. The third kappa shape index (κ3) is 8.96. The first-order chi connectivity index (χ1) is 19.8. The molecule has 0 aliphatic rings. The summed E-state index contributed by atoms with van der Waals surface area (Å²) in [5.41, 5.74) is -5.23. The quantitative estimate of drug-likeness (QED) is 0.0808. The first kappa shape index (κ1) is 40.9. The maximum absolute atomic E-state index is 15.1. The normalized spacial score (nSPS) is 15.4. The summed E-state index contributed by atoms with van der Waals surface area (Å²) in [6.07, 6.45) is 0. The molecule has 2 atom stereocenters. The van der Waals surface area contributed by atoms with Crippen LogP contribution in [0.2, 0.25) is 0 Å². The SMILES string of the molecule is CCOC(=O)C(C(C(=O)OCC)(C(C(=O)OCC)P(=O)(OCC)OCC)P(=O)(OCC)OCC)P(=O)(OCC)OCC. The number of hydrogen-bond donors (Lipinski definition) is 0. The standard InChI is InChI=1S/C24H47O15P3/c1-10-31-21(25)19(40(28,34-13-4)35-14-5)24(23(27)33-12-3,42(30,38-17-8)39-18-9)20(22(26)32-11-2)41(29,36-15-6)37-16-7/h19-20H,10-18H2,1-9H3. The van der Waals surface area contributed by atoms with E-state index in [1.807, 2.05) is 0 Å². The number of hydrogen-bond acceptors (Lipinski definition) is 15. The molecule has 0 heterocycles. The van der Waals surface area contributed by atoms with Gasteiger partial charge in [-0.15, -0.1) is 0 Å². The fraction of sp³-hybridized carbons (Fsp3) is 0.875. The molecular weight excluding hydrogens is 621 g/mol. The zero-order valence-corrected chi connectivity index (χ0v) is 28.7. The van der Waals surface area contributed by atoms with Crippen LogP contribution in [0.3, 0.4) is 0 Å². The molecule has 0 aromatic carbocycles. The molecule has 18 heteroatoms. The van der Waals surface area contributed by atoms with Crippen LogP contribution in [0.4, 0.5) is 0 Å². The molecule has 42 heavy (non-hydrogen) atoms. The van der Waals surface area contributed by atoms with Crippen molar-refractivity contribution in [3.8, 4) is 0 Å². The van der Waals surface area contributed by atoms with Gasteiger partial charge < -0.3 is 41.4 Å². The topological polar surface area (TPSA) is 185 Å². The highest BCUT2D eigenvalue weighted by molar-refractivity contribution is 7.64. The van der Waals surface area contributed by atoms with Gasteiger partial charge in [0.05, 0.1) is 59.5 Å². The van der Waals surface area contributed by atoms with E-state index in [1.54, 1.807) is 0 Å². The molecule has 0 aromatic rings.